The van der Waals surface area contributed by atoms with Crippen molar-refractivity contribution in [2.24, 2.45) is 0 Å². The first-order chi connectivity index (χ1) is 13.1. The van der Waals surface area contributed by atoms with Gasteiger partial charge in [-0.15, -0.1) is 0 Å². The predicted molar refractivity (Wildman–Crippen MR) is 108 cm³/mol. The SMILES string of the molecule is CC(Nc1ccc(Cl)cc1N1C(=O)c2ccccc2C1=O)c1ccccc1. The molecule has 0 bridgehead atoms. The Labute approximate surface area is 162 Å². The molecule has 1 N–H and O–H groups in total. The second-order valence-electron chi connectivity index (χ2n) is 6.43. The zero-order valence-corrected chi connectivity index (χ0v) is 15.4. The third-order valence-corrected chi connectivity index (χ3v) is 4.90. The van der Waals surface area contributed by atoms with E-state index in [2.05, 4.69) is 5.32 Å². The van der Waals surface area contributed by atoms with E-state index in [1.54, 1.807) is 42.5 Å². The zero-order chi connectivity index (χ0) is 19.0. The van der Waals surface area contributed by atoms with E-state index in [-0.39, 0.29) is 17.9 Å². The molecular formula is C22H17ClN2O2. The molecule has 0 aliphatic carbocycles. The van der Waals surface area contributed by atoms with Gasteiger partial charge in [0.25, 0.3) is 11.8 Å². The van der Waals surface area contributed by atoms with E-state index in [0.717, 1.165) is 5.56 Å². The molecule has 1 unspecified atom stereocenters. The lowest BCUT2D eigenvalue weighted by atomic mass is 10.1. The van der Waals surface area contributed by atoms with Gasteiger partial charge in [0.15, 0.2) is 0 Å². The molecule has 4 nitrogen and oxygen atoms in total. The highest BCUT2D eigenvalue weighted by molar-refractivity contribution is 6.36. The molecule has 1 heterocycles. The first-order valence-electron chi connectivity index (χ1n) is 8.65. The fourth-order valence-electron chi connectivity index (χ4n) is 3.28. The summed E-state index contributed by atoms with van der Waals surface area (Å²) in [4.78, 5) is 26.9. The molecule has 27 heavy (non-hydrogen) atoms. The number of carbonyl (C=O) groups is 2. The number of nitrogens with one attached hydrogen (secondary N) is 1. The number of halogens is 1. The van der Waals surface area contributed by atoms with Gasteiger partial charge in [-0.3, -0.25) is 9.59 Å². The number of nitrogens with zero attached hydrogens (tertiary/aromatic N) is 1. The molecular weight excluding hydrogens is 360 g/mol. The molecule has 134 valence electrons. The highest BCUT2D eigenvalue weighted by Crippen LogP contribution is 2.36. The number of anilines is 2. The smallest absolute Gasteiger partial charge is 0.266 e. The quantitative estimate of drug-likeness (QED) is 0.627. The molecule has 3 aromatic rings. The van der Waals surface area contributed by atoms with Crippen LogP contribution < -0.4 is 10.2 Å². The molecule has 1 aliphatic rings. The van der Waals surface area contributed by atoms with Crippen LogP contribution in [-0.2, 0) is 0 Å². The number of amides is 2. The summed E-state index contributed by atoms with van der Waals surface area (Å²) in [5.41, 5.74) is 3.04. The summed E-state index contributed by atoms with van der Waals surface area (Å²) in [5.74, 6) is -0.679. The Morgan fingerprint density at radius 1 is 0.852 bits per heavy atom. The number of hydrogen-bond donors (Lipinski definition) is 1. The minimum atomic E-state index is -0.340. The standard InChI is InChI=1S/C22H17ClN2O2/c1-14(15-7-3-2-4-8-15)24-19-12-11-16(23)13-20(19)25-21(26)17-9-5-6-10-18(17)22(25)27/h2-14,24H,1H3. The van der Waals surface area contributed by atoms with Gasteiger partial charge in [-0.1, -0.05) is 54.1 Å². The fourth-order valence-corrected chi connectivity index (χ4v) is 3.44. The van der Waals surface area contributed by atoms with Crippen molar-refractivity contribution in [1.29, 1.82) is 0 Å². The van der Waals surface area contributed by atoms with Gasteiger partial charge in [0, 0.05) is 11.1 Å². The Balaban J connectivity index is 1.73. The molecule has 0 fully saturated rings. The van der Waals surface area contributed by atoms with Gasteiger partial charge in [-0.05, 0) is 42.8 Å². The van der Waals surface area contributed by atoms with Crippen molar-refractivity contribution in [1.82, 2.24) is 0 Å². The average molecular weight is 377 g/mol. The van der Waals surface area contributed by atoms with E-state index in [1.807, 2.05) is 37.3 Å². The van der Waals surface area contributed by atoms with Crippen molar-refractivity contribution in [2.75, 3.05) is 10.2 Å². The Morgan fingerprint density at radius 3 is 2.07 bits per heavy atom. The first-order valence-corrected chi connectivity index (χ1v) is 9.03. The Hall–Kier alpha value is -3.11. The van der Waals surface area contributed by atoms with Crippen LogP contribution in [-0.4, -0.2) is 11.8 Å². The van der Waals surface area contributed by atoms with E-state index in [1.165, 1.54) is 4.90 Å². The molecule has 5 heteroatoms. The maximum Gasteiger partial charge on any atom is 0.266 e. The van der Waals surface area contributed by atoms with Crippen LogP contribution in [0.2, 0.25) is 5.02 Å². The summed E-state index contributed by atoms with van der Waals surface area (Å²) in [6, 6.07) is 22.0. The summed E-state index contributed by atoms with van der Waals surface area (Å²) in [7, 11) is 0. The van der Waals surface area contributed by atoms with Crippen LogP contribution in [0.4, 0.5) is 11.4 Å². The van der Waals surface area contributed by atoms with Gasteiger partial charge >= 0.3 is 0 Å². The van der Waals surface area contributed by atoms with Crippen molar-refractivity contribution in [3.05, 3.63) is 94.5 Å². The minimum Gasteiger partial charge on any atom is -0.377 e. The molecule has 1 aliphatic heterocycles. The molecule has 0 saturated carbocycles. The van der Waals surface area contributed by atoms with E-state index in [0.29, 0.717) is 27.5 Å². The largest absolute Gasteiger partial charge is 0.377 e. The first kappa shape index (κ1) is 17.3. The lowest BCUT2D eigenvalue weighted by Gasteiger charge is -2.22. The summed E-state index contributed by atoms with van der Waals surface area (Å²) in [5, 5.41) is 3.85. The van der Waals surface area contributed by atoms with E-state index < -0.39 is 0 Å². The third-order valence-electron chi connectivity index (χ3n) is 4.67. The number of fused-ring (bicyclic) bond motifs is 1. The molecule has 3 aromatic carbocycles. The summed E-state index contributed by atoms with van der Waals surface area (Å²) >= 11 is 6.18. The summed E-state index contributed by atoms with van der Waals surface area (Å²) in [6.07, 6.45) is 0. The predicted octanol–water partition coefficient (Wildman–Crippen LogP) is 5.31. The van der Waals surface area contributed by atoms with Gasteiger partial charge in [0.2, 0.25) is 0 Å². The van der Waals surface area contributed by atoms with Gasteiger partial charge in [-0.2, -0.15) is 0 Å². The molecule has 0 aromatic heterocycles. The highest BCUT2D eigenvalue weighted by atomic mass is 35.5. The van der Waals surface area contributed by atoms with Crippen LogP contribution >= 0.6 is 11.6 Å². The lowest BCUT2D eigenvalue weighted by molar-refractivity contribution is 0.0926. The molecule has 4 rings (SSSR count). The van der Waals surface area contributed by atoms with Crippen molar-refractivity contribution in [2.45, 2.75) is 13.0 Å². The van der Waals surface area contributed by atoms with Gasteiger partial charge < -0.3 is 5.32 Å². The minimum absolute atomic E-state index is 0.0127. The Morgan fingerprint density at radius 2 is 1.44 bits per heavy atom. The summed E-state index contributed by atoms with van der Waals surface area (Å²) < 4.78 is 0. The topological polar surface area (TPSA) is 49.4 Å². The van der Waals surface area contributed by atoms with Gasteiger partial charge in [-0.25, -0.2) is 4.90 Å². The summed E-state index contributed by atoms with van der Waals surface area (Å²) in [6.45, 7) is 2.02. The second-order valence-corrected chi connectivity index (χ2v) is 6.87. The number of carbonyl (C=O) groups excluding carboxylic acids is 2. The molecule has 2 amide bonds. The highest BCUT2D eigenvalue weighted by Gasteiger charge is 2.37. The monoisotopic (exact) mass is 376 g/mol. The zero-order valence-electron chi connectivity index (χ0n) is 14.6. The normalized spacial score (nSPS) is 14.2. The van der Waals surface area contributed by atoms with Crippen LogP contribution in [0, 0.1) is 0 Å². The number of hydrogen-bond acceptors (Lipinski definition) is 3. The number of benzene rings is 3. The second kappa shape index (κ2) is 6.89. The van der Waals surface area contributed by atoms with E-state index in [4.69, 9.17) is 11.6 Å². The third kappa shape index (κ3) is 3.09. The number of imide groups is 1. The van der Waals surface area contributed by atoms with Crippen molar-refractivity contribution >= 4 is 34.8 Å². The van der Waals surface area contributed by atoms with E-state index in [9.17, 15) is 9.59 Å². The Bertz CT molecular complexity index is 998. The van der Waals surface area contributed by atoms with Crippen LogP contribution in [0.5, 0.6) is 0 Å². The van der Waals surface area contributed by atoms with Crippen molar-refractivity contribution in [3.63, 3.8) is 0 Å². The van der Waals surface area contributed by atoms with Gasteiger partial charge in [0.05, 0.1) is 22.5 Å². The van der Waals surface area contributed by atoms with Crippen molar-refractivity contribution in [3.8, 4) is 0 Å². The molecule has 1 atom stereocenters. The van der Waals surface area contributed by atoms with Crippen LogP contribution in [0.3, 0.4) is 0 Å². The molecule has 0 saturated heterocycles. The maximum absolute atomic E-state index is 12.9. The Kier molecular flexibility index (Phi) is 4.42. The van der Waals surface area contributed by atoms with Crippen LogP contribution in [0.1, 0.15) is 39.2 Å². The van der Waals surface area contributed by atoms with E-state index >= 15 is 0 Å². The van der Waals surface area contributed by atoms with Crippen LogP contribution in [0.15, 0.2) is 72.8 Å². The molecule has 0 radical (unpaired) electrons. The van der Waals surface area contributed by atoms with Crippen molar-refractivity contribution < 1.29 is 9.59 Å². The average Bonchev–Trinajstić information content (AvgIpc) is 2.95. The number of rotatable bonds is 4. The lowest BCUT2D eigenvalue weighted by Crippen LogP contribution is -2.30. The molecule has 0 spiro atoms. The maximum atomic E-state index is 12.9. The van der Waals surface area contributed by atoms with Crippen LogP contribution in [0.25, 0.3) is 0 Å². The fraction of sp³-hybridized carbons (Fsp3) is 0.0909. The van der Waals surface area contributed by atoms with Gasteiger partial charge in [0.1, 0.15) is 0 Å².